The van der Waals surface area contributed by atoms with Gasteiger partial charge >= 0.3 is 0 Å². The van der Waals surface area contributed by atoms with E-state index in [1.165, 1.54) is 0 Å². The lowest BCUT2D eigenvalue weighted by molar-refractivity contribution is -0.135. The van der Waals surface area contributed by atoms with Crippen LogP contribution in [0.15, 0.2) is 46.9 Å². The van der Waals surface area contributed by atoms with E-state index in [4.69, 9.17) is 18.6 Å². The molecular weight excluding hydrogens is 360 g/mol. The molecule has 146 valence electrons. The van der Waals surface area contributed by atoms with Crippen molar-refractivity contribution in [2.75, 3.05) is 14.2 Å². The van der Waals surface area contributed by atoms with Gasteiger partial charge in [-0.25, -0.2) is 4.98 Å². The summed E-state index contributed by atoms with van der Waals surface area (Å²) >= 11 is 0. The molecule has 2 heterocycles. The predicted octanol–water partition coefficient (Wildman–Crippen LogP) is 3.68. The van der Waals surface area contributed by atoms with E-state index in [1.807, 2.05) is 42.5 Å². The highest BCUT2D eigenvalue weighted by molar-refractivity contribution is 5.86. The lowest BCUT2D eigenvalue weighted by Gasteiger charge is -2.25. The zero-order chi connectivity index (χ0) is 19.9. The molecule has 7 nitrogen and oxygen atoms in total. The number of hydrogen-bond acceptors (Lipinski definition) is 6. The van der Waals surface area contributed by atoms with Crippen LogP contribution in [-0.4, -0.2) is 35.6 Å². The Morgan fingerprint density at radius 3 is 2.39 bits per heavy atom. The minimum Gasteiger partial charge on any atom is -0.496 e. The van der Waals surface area contributed by atoms with E-state index in [0.29, 0.717) is 28.5 Å². The first-order chi connectivity index (χ1) is 13.4. The number of oxazole rings is 1. The topological polar surface area (TPSA) is 74.0 Å². The SMILES string of the molecule is COc1cccc(OC)c1C1OC(C)(C)C(=O)N1Cc1nc2ccccc2o1. The third-order valence-electron chi connectivity index (χ3n) is 4.82. The summed E-state index contributed by atoms with van der Waals surface area (Å²) in [4.78, 5) is 19.2. The van der Waals surface area contributed by atoms with Crippen molar-refractivity contribution < 1.29 is 23.4 Å². The van der Waals surface area contributed by atoms with Crippen LogP contribution in [0, 0.1) is 0 Å². The van der Waals surface area contributed by atoms with E-state index in [-0.39, 0.29) is 12.5 Å². The number of hydrogen-bond donors (Lipinski definition) is 0. The fourth-order valence-electron chi connectivity index (χ4n) is 3.47. The monoisotopic (exact) mass is 382 g/mol. The van der Waals surface area contributed by atoms with Gasteiger partial charge in [0.15, 0.2) is 11.8 Å². The summed E-state index contributed by atoms with van der Waals surface area (Å²) in [6, 6.07) is 12.9. The molecule has 28 heavy (non-hydrogen) atoms. The zero-order valence-electron chi connectivity index (χ0n) is 16.3. The Morgan fingerprint density at radius 2 is 1.75 bits per heavy atom. The number of amides is 1. The van der Waals surface area contributed by atoms with Crippen LogP contribution in [0.3, 0.4) is 0 Å². The highest BCUT2D eigenvalue weighted by Gasteiger charge is 2.49. The number of carbonyl (C=O) groups is 1. The third kappa shape index (κ3) is 2.97. The van der Waals surface area contributed by atoms with Gasteiger partial charge in [-0.15, -0.1) is 0 Å². The van der Waals surface area contributed by atoms with E-state index in [0.717, 1.165) is 5.52 Å². The van der Waals surface area contributed by atoms with E-state index < -0.39 is 11.8 Å². The Kier molecular flexibility index (Phi) is 4.47. The van der Waals surface area contributed by atoms with Gasteiger partial charge in [0.25, 0.3) is 5.91 Å². The van der Waals surface area contributed by atoms with Crippen molar-refractivity contribution in [3.05, 3.63) is 53.9 Å². The smallest absolute Gasteiger partial charge is 0.257 e. The van der Waals surface area contributed by atoms with Gasteiger partial charge < -0.3 is 23.5 Å². The van der Waals surface area contributed by atoms with Crippen LogP contribution in [0.25, 0.3) is 11.1 Å². The van der Waals surface area contributed by atoms with Crippen LogP contribution in [0.1, 0.15) is 31.5 Å². The molecular formula is C21H22N2O5. The lowest BCUT2D eigenvalue weighted by atomic mass is 10.1. The molecule has 0 saturated carbocycles. The highest BCUT2D eigenvalue weighted by atomic mass is 16.6. The molecule has 0 spiro atoms. The van der Waals surface area contributed by atoms with E-state index in [9.17, 15) is 4.79 Å². The molecule has 1 fully saturated rings. The summed E-state index contributed by atoms with van der Waals surface area (Å²) < 4.78 is 23.0. The second-order valence-electron chi connectivity index (χ2n) is 7.07. The Morgan fingerprint density at radius 1 is 1.07 bits per heavy atom. The molecule has 0 N–H and O–H groups in total. The summed E-state index contributed by atoms with van der Waals surface area (Å²) in [6.07, 6.45) is -0.691. The van der Waals surface area contributed by atoms with E-state index >= 15 is 0 Å². The van der Waals surface area contributed by atoms with Crippen molar-refractivity contribution in [2.45, 2.75) is 32.2 Å². The maximum absolute atomic E-state index is 13.1. The van der Waals surface area contributed by atoms with Gasteiger partial charge in [-0.1, -0.05) is 18.2 Å². The van der Waals surface area contributed by atoms with Crippen molar-refractivity contribution in [3.63, 3.8) is 0 Å². The predicted molar refractivity (Wildman–Crippen MR) is 102 cm³/mol. The quantitative estimate of drug-likeness (QED) is 0.670. The molecule has 1 aromatic heterocycles. The summed E-state index contributed by atoms with van der Waals surface area (Å²) in [5.74, 6) is 1.44. The number of para-hydroxylation sites is 2. The van der Waals surface area contributed by atoms with Gasteiger partial charge in [0, 0.05) is 0 Å². The molecule has 0 aliphatic carbocycles. The van der Waals surface area contributed by atoms with Crippen LogP contribution >= 0.6 is 0 Å². The molecule has 1 saturated heterocycles. The first-order valence-electron chi connectivity index (χ1n) is 8.99. The maximum atomic E-state index is 13.1. The van der Waals surface area contributed by atoms with Crippen molar-refractivity contribution in [1.29, 1.82) is 0 Å². The van der Waals surface area contributed by atoms with Gasteiger partial charge in [0.2, 0.25) is 5.89 Å². The number of benzene rings is 2. The van der Waals surface area contributed by atoms with Gasteiger partial charge in [-0.2, -0.15) is 0 Å². The number of fused-ring (bicyclic) bond motifs is 1. The van der Waals surface area contributed by atoms with Crippen LogP contribution in [0.2, 0.25) is 0 Å². The number of rotatable bonds is 5. The first-order valence-corrected chi connectivity index (χ1v) is 8.99. The Bertz CT molecular complexity index is 971. The number of nitrogens with zero attached hydrogens (tertiary/aromatic N) is 2. The zero-order valence-corrected chi connectivity index (χ0v) is 16.3. The van der Waals surface area contributed by atoms with E-state index in [2.05, 4.69) is 4.98 Å². The third-order valence-corrected chi connectivity index (χ3v) is 4.82. The van der Waals surface area contributed by atoms with Crippen LogP contribution < -0.4 is 9.47 Å². The fourth-order valence-corrected chi connectivity index (χ4v) is 3.47. The van der Waals surface area contributed by atoms with Crippen molar-refractivity contribution >= 4 is 17.0 Å². The molecule has 1 aliphatic rings. The fraction of sp³-hybridized carbons (Fsp3) is 0.333. The number of ether oxygens (including phenoxy) is 3. The summed E-state index contributed by atoms with van der Waals surface area (Å²) in [5, 5.41) is 0. The van der Waals surface area contributed by atoms with Crippen molar-refractivity contribution in [2.24, 2.45) is 0 Å². The summed E-state index contributed by atoms with van der Waals surface area (Å²) in [5.41, 5.74) is 1.08. The van der Waals surface area contributed by atoms with Crippen LogP contribution in [0.5, 0.6) is 11.5 Å². The largest absolute Gasteiger partial charge is 0.496 e. The normalized spacial score (nSPS) is 18.6. The molecule has 0 radical (unpaired) electrons. The minimum atomic E-state index is -0.997. The summed E-state index contributed by atoms with van der Waals surface area (Å²) in [7, 11) is 3.15. The molecule has 4 rings (SSSR count). The Labute approximate surface area is 162 Å². The Balaban J connectivity index is 1.76. The maximum Gasteiger partial charge on any atom is 0.257 e. The first kappa shape index (κ1) is 18.3. The molecule has 3 aromatic rings. The summed E-state index contributed by atoms with van der Waals surface area (Å²) in [6.45, 7) is 3.66. The Hall–Kier alpha value is -3.06. The van der Waals surface area contributed by atoms with E-state index in [1.54, 1.807) is 33.0 Å². The number of carbonyl (C=O) groups excluding carboxylic acids is 1. The lowest BCUT2D eigenvalue weighted by Crippen LogP contribution is -2.35. The second-order valence-corrected chi connectivity index (χ2v) is 7.07. The van der Waals surface area contributed by atoms with Crippen molar-refractivity contribution in [1.82, 2.24) is 9.88 Å². The minimum absolute atomic E-state index is 0.160. The number of aromatic nitrogens is 1. The molecule has 1 atom stereocenters. The average molecular weight is 382 g/mol. The van der Waals surface area contributed by atoms with Gasteiger partial charge in [0.05, 0.1) is 19.8 Å². The van der Waals surface area contributed by atoms with Crippen molar-refractivity contribution in [3.8, 4) is 11.5 Å². The van der Waals surface area contributed by atoms with Gasteiger partial charge in [-0.3, -0.25) is 4.79 Å². The van der Waals surface area contributed by atoms with Crippen LogP contribution in [0.4, 0.5) is 0 Å². The van der Waals surface area contributed by atoms with Gasteiger partial charge in [-0.05, 0) is 38.1 Å². The molecule has 1 unspecified atom stereocenters. The van der Waals surface area contributed by atoms with Gasteiger partial charge in [0.1, 0.15) is 29.2 Å². The number of methoxy groups -OCH3 is 2. The average Bonchev–Trinajstić information content (AvgIpc) is 3.20. The standard InChI is InChI=1S/C21H22N2O5/c1-21(2)20(24)23(12-17-22-13-8-5-6-9-14(13)27-17)19(28-21)18-15(25-3)10-7-11-16(18)26-4/h5-11,19H,12H2,1-4H3. The molecule has 0 bridgehead atoms. The highest BCUT2D eigenvalue weighted by Crippen LogP contribution is 2.45. The molecule has 7 heteroatoms. The van der Waals surface area contributed by atoms with Crippen LogP contribution in [-0.2, 0) is 16.1 Å². The molecule has 1 amide bonds. The molecule has 2 aromatic carbocycles. The molecule has 1 aliphatic heterocycles. The second kappa shape index (κ2) is 6.83.